The van der Waals surface area contributed by atoms with Gasteiger partial charge in [0.05, 0.1) is 11.4 Å². The third kappa shape index (κ3) is 2.72. The molecule has 2 N–H and O–H groups in total. The van der Waals surface area contributed by atoms with E-state index in [1.807, 2.05) is 12.1 Å². The van der Waals surface area contributed by atoms with Crippen molar-refractivity contribution in [3.63, 3.8) is 0 Å². The van der Waals surface area contributed by atoms with E-state index in [0.29, 0.717) is 6.04 Å². The largest absolute Gasteiger partial charge is 0.397 e. The van der Waals surface area contributed by atoms with Crippen LogP contribution in [0, 0.1) is 0 Å². The van der Waals surface area contributed by atoms with Crippen LogP contribution in [0.3, 0.4) is 0 Å². The van der Waals surface area contributed by atoms with Gasteiger partial charge in [-0.25, -0.2) is 0 Å². The molecule has 3 heteroatoms. The molecule has 1 fully saturated rings. The van der Waals surface area contributed by atoms with Crippen molar-refractivity contribution in [2.75, 3.05) is 37.3 Å². The summed E-state index contributed by atoms with van der Waals surface area (Å²) < 4.78 is 0. The highest BCUT2D eigenvalue weighted by Crippen LogP contribution is 2.26. The van der Waals surface area contributed by atoms with Crippen LogP contribution in [0.2, 0.25) is 0 Å². The smallest absolute Gasteiger partial charge is 0.0599 e. The van der Waals surface area contributed by atoms with Crippen molar-refractivity contribution in [1.29, 1.82) is 0 Å². The lowest BCUT2D eigenvalue weighted by atomic mass is 10.0. The number of hydrogen-bond donors (Lipinski definition) is 1. The van der Waals surface area contributed by atoms with Gasteiger partial charge in [0, 0.05) is 26.2 Å². The molecule has 17 heavy (non-hydrogen) atoms. The topological polar surface area (TPSA) is 32.5 Å². The van der Waals surface area contributed by atoms with E-state index in [1.54, 1.807) is 0 Å². The highest BCUT2D eigenvalue weighted by molar-refractivity contribution is 5.67. The van der Waals surface area contributed by atoms with Crippen molar-refractivity contribution >= 4 is 11.4 Å². The average molecular weight is 233 g/mol. The molecule has 1 heterocycles. The molecule has 0 unspecified atom stereocenters. The van der Waals surface area contributed by atoms with Gasteiger partial charge in [0.2, 0.25) is 0 Å². The number of para-hydroxylation sites is 2. The zero-order valence-electron chi connectivity index (χ0n) is 10.9. The second-order valence-electron chi connectivity index (χ2n) is 4.84. The van der Waals surface area contributed by atoms with Crippen molar-refractivity contribution in [3.8, 4) is 0 Å². The summed E-state index contributed by atoms with van der Waals surface area (Å²) >= 11 is 0. The van der Waals surface area contributed by atoms with Gasteiger partial charge < -0.3 is 15.5 Å². The highest BCUT2D eigenvalue weighted by atomic mass is 15.2. The second-order valence-corrected chi connectivity index (χ2v) is 4.84. The Kier molecular flexibility index (Phi) is 3.89. The van der Waals surface area contributed by atoms with Gasteiger partial charge in [-0.3, -0.25) is 0 Å². The van der Waals surface area contributed by atoms with Crippen LogP contribution < -0.4 is 10.6 Å². The zero-order chi connectivity index (χ0) is 12.3. The van der Waals surface area contributed by atoms with Gasteiger partial charge in [-0.2, -0.15) is 0 Å². The van der Waals surface area contributed by atoms with Crippen LogP contribution in [-0.2, 0) is 0 Å². The van der Waals surface area contributed by atoms with Crippen LogP contribution in [0.1, 0.15) is 19.8 Å². The number of piperidine rings is 1. The van der Waals surface area contributed by atoms with Gasteiger partial charge in [0.1, 0.15) is 0 Å². The molecule has 2 rings (SSSR count). The number of nitrogens with two attached hydrogens (primary N) is 1. The van der Waals surface area contributed by atoms with E-state index in [-0.39, 0.29) is 0 Å². The van der Waals surface area contributed by atoms with E-state index < -0.39 is 0 Å². The summed E-state index contributed by atoms with van der Waals surface area (Å²) in [6, 6.07) is 8.77. The highest BCUT2D eigenvalue weighted by Gasteiger charge is 2.22. The van der Waals surface area contributed by atoms with Gasteiger partial charge >= 0.3 is 0 Å². The van der Waals surface area contributed by atoms with E-state index >= 15 is 0 Å². The Balaban J connectivity index is 2.02. The lowest BCUT2D eigenvalue weighted by Gasteiger charge is -2.37. The van der Waals surface area contributed by atoms with Crippen LogP contribution in [-0.4, -0.2) is 37.6 Å². The Morgan fingerprint density at radius 2 is 1.94 bits per heavy atom. The van der Waals surface area contributed by atoms with Gasteiger partial charge in [0.25, 0.3) is 0 Å². The van der Waals surface area contributed by atoms with Crippen LogP contribution in [0.25, 0.3) is 0 Å². The predicted molar refractivity (Wildman–Crippen MR) is 74.4 cm³/mol. The fourth-order valence-electron chi connectivity index (χ4n) is 2.63. The Morgan fingerprint density at radius 3 is 2.53 bits per heavy atom. The van der Waals surface area contributed by atoms with E-state index in [9.17, 15) is 0 Å². The first-order valence-electron chi connectivity index (χ1n) is 6.52. The summed E-state index contributed by atoms with van der Waals surface area (Å²) in [6.07, 6.45) is 2.47. The maximum absolute atomic E-state index is 6.03. The number of likely N-dealkylation sites (tertiary alicyclic amines) is 1. The van der Waals surface area contributed by atoms with Gasteiger partial charge in [-0.1, -0.05) is 19.1 Å². The average Bonchev–Trinajstić information content (AvgIpc) is 2.39. The number of rotatable bonds is 3. The van der Waals surface area contributed by atoms with E-state index in [0.717, 1.165) is 5.69 Å². The summed E-state index contributed by atoms with van der Waals surface area (Å²) in [5.74, 6) is 0. The maximum atomic E-state index is 6.03. The Hall–Kier alpha value is -1.22. The zero-order valence-corrected chi connectivity index (χ0v) is 10.9. The van der Waals surface area contributed by atoms with Crippen molar-refractivity contribution in [2.24, 2.45) is 0 Å². The quantitative estimate of drug-likeness (QED) is 0.812. The molecule has 0 aromatic heterocycles. The number of nitrogen functional groups attached to an aromatic ring is 1. The van der Waals surface area contributed by atoms with Gasteiger partial charge in [0.15, 0.2) is 0 Å². The van der Waals surface area contributed by atoms with Crippen LogP contribution in [0.5, 0.6) is 0 Å². The van der Waals surface area contributed by atoms with Crippen molar-refractivity contribution in [2.45, 2.75) is 25.8 Å². The summed E-state index contributed by atoms with van der Waals surface area (Å²) in [6.45, 7) is 5.82. The minimum absolute atomic E-state index is 0.627. The van der Waals surface area contributed by atoms with Crippen molar-refractivity contribution < 1.29 is 0 Å². The molecule has 3 nitrogen and oxygen atoms in total. The monoisotopic (exact) mass is 233 g/mol. The fraction of sp³-hybridized carbons (Fsp3) is 0.571. The molecule has 0 radical (unpaired) electrons. The lowest BCUT2D eigenvalue weighted by Crippen LogP contribution is -2.43. The van der Waals surface area contributed by atoms with E-state index in [4.69, 9.17) is 5.73 Å². The molecule has 0 bridgehead atoms. The molecule has 0 amide bonds. The molecular formula is C14H23N3. The molecule has 0 spiro atoms. The number of nitrogens with zero attached hydrogens (tertiary/aromatic N) is 2. The summed E-state index contributed by atoms with van der Waals surface area (Å²) in [7, 11) is 2.16. The van der Waals surface area contributed by atoms with Crippen molar-refractivity contribution in [3.05, 3.63) is 24.3 Å². The number of anilines is 2. The first kappa shape index (κ1) is 12.2. The molecular weight excluding hydrogens is 210 g/mol. The van der Waals surface area contributed by atoms with Gasteiger partial charge in [-0.15, -0.1) is 0 Å². The van der Waals surface area contributed by atoms with Crippen LogP contribution >= 0.6 is 0 Å². The Labute approximate surface area is 104 Å². The van der Waals surface area contributed by atoms with Crippen LogP contribution in [0.15, 0.2) is 24.3 Å². The van der Waals surface area contributed by atoms with E-state index in [2.05, 4.69) is 35.9 Å². The second kappa shape index (κ2) is 5.41. The molecule has 1 aliphatic rings. The summed E-state index contributed by atoms with van der Waals surface area (Å²) in [5, 5.41) is 0. The standard InChI is InChI=1S/C14H23N3/c1-3-17-10-8-12(9-11-17)16(2)14-7-5-4-6-13(14)15/h4-7,12H,3,8-11,15H2,1-2H3. The number of benzene rings is 1. The third-order valence-electron chi connectivity index (χ3n) is 3.87. The normalized spacial score (nSPS) is 18.2. The first-order chi connectivity index (χ1) is 8.22. The maximum Gasteiger partial charge on any atom is 0.0599 e. The third-order valence-corrected chi connectivity index (χ3v) is 3.87. The molecule has 94 valence electrons. The molecule has 0 aliphatic carbocycles. The van der Waals surface area contributed by atoms with Crippen LogP contribution in [0.4, 0.5) is 11.4 Å². The molecule has 0 atom stereocenters. The minimum atomic E-state index is 0.627. The fourth-order valence-corrected chi connectivity index (χ4v) is 2.63. The molecule has 1 saturated heterocycles. The lowest BCUT2D eigenvalue weighted by molar-refractivity contribution is 0.221. The van der Waals surface area contributed by atoms with Crippen molar-refractivity contribution in [1.82, 2.24) is 4.90 Å². The summed E-state index contributed by atoms with van der Waals surface area (Å²) in [5.41, 5.74) is 8.08. The predicted octanol–water partition coefficient (Wildman–Crippen LogP) is 2.19. The molecule has 1 aromatic carbocycles. The summed E-state index contributed by atoms with van der Waals surface area (Å²) in [4.78, 5) is 4.86. The SMILES string of the molecule is CCN1CCC(N(C)c2ccccc2N)CC1. The van der Waals surface area contributed by atoms with Gasteiger partial charge in [-0.05, 0) is 31.5 Å². The minimum Gasteiger partial charge on any atom is -0.397 e. The Morgan fingerprint density at radius 1 is 1.29 bits per heavy atom. The molecule has 1 aliphatic heterocycles. The van der Waals surface area contributed by atoms with E-state index in [1.165, 1.54) is 38.2 Å². The number of hydrogen-bond acceptors (Lipinski definition) is 3. The molecule has 0 saturated carbocycles. The molecule has 1 aromatic rings. The first-order valence-corrected chi connectivity index (χ1v) is 6.52. The Bertz CT molecular complexity index is 356.